The van der Waals surface area contributed by atoms with E-state index in [2.05, 4.69) is 20.7 Å². The predicted octanol–water partition coefficient (Wildman–Crippen LogP) is 3.07. The summed E-state index contributed by atoms with van der Waals surface area (Å²) in [5.41, 5.74) is -0.816. The highest BCUT2D eigenvalue weighted by atomic mass is 79.9. The number of rotatable bonds is 4. The van der Waals surface area contributed by atoms with Gasteiger partial charge in [-0.15, -0.1) is 0 Å². The van der Waals surface area contributed by atoms with E-state index in [9.17, 15) is 18.5 Å². The predicted molar refractivity (Wildman–Crippen MR) is 82.5 cm³/mol. The highest BCUT2D eigenvalue weighted by Gasteiger charge is 2.66. The molecule has 21 heavy (non-hydrogen) atoms. The molecule has 0 radical (unpaired) electrons. The van der Waals surface area contributed by atoms with E-state index in [1.807, 2.05) is 27.7 Å². The van der Waals surface area contributed by atoms with Gasteiger partial charge in [-0.25, -0.2) is 13.1 Å². The van der Waals surface area contributed by atoms with Crippen LogP contribution in [0.4, 0.5) is 5.69 Å². The highest BCUT2D eigenvalue weighted by Crippen LogP contribution is 2.63. The molecule has 0 spiro atoms. The maximum atomic E-state index is 12.5. The Kier molecular flexibility index (Phi) is 3.71. The summed E-state index contributed by atoms with van der Waals surface area (Å²) >= 11 is 3.15. The topological polar surface area (TPSA) is 89.3 Å². The molecule has 116 valence electrons. The van der Waals surface area contributed by atoms with Crippen molar-refractivity contribution in [3.63, 3.8) is 0 Å². The van der Waals surface area contributed by atoms with E-state index in [0.29, 0.717) is 4.47 Å². The fourth-order valence-corrected chi connectivity index (χ4v) is 4.80. The average Bonchev–Trinajstić information content (AvgIpc) is 2.71. The van der Waals surface area contributed by atoms with Gasteiger partial charge in [-0.1, -0.05) is 43.6 Å². The van der Waals surface area contributed by atoms with Gasteiger partial charge in [0.2, 0.25) is 10.0 Å². The molecule has 0 saturated heterocycles. The van der Waals surface area contributed by atoms with Crippen molar-refractivity contribution >= 4 is 31.6 Å². The lowest BCUT2D eigenvalue weighted by Crippen LogP contribution is -2.30. The second-order valence-electron chi connectivity index (χ2n) is 6.37. The largest absolute Gasteiger partial charge is 0.289 e. The first kappa shape index (κ1) is 16.4. The third-order valence-corrected chi connectivity index (χ3v) is 6.65. The molecule has 0 atom stereocenters. The molecule has 1 aliphatic carbocycles. The summed E-state index contributed by atoms with van der Waals surface area (Å²) in [4.78, 5) is 10.0. The van der Waals surface area contributed by atoms with E-state index in [0.717, 1.165) is 0 Å². The average molecular weight is 377 g/mol. The van der Waals surface area contributed by atoms with Gasteiger partial charge in [0.1, 0.15) is 0 Å². The third-order valence-electron chi connectivity index (χ3n) is 4.70. The van der Waals surface area contributed by atoms with Gasteiger partial charge in [-0.2, -0.15) is 0 Å². The van der Waals surface area contributed by atoms with Crippen LogP contribution in [0.25, 0.3) is 0 Å². The Bertz CT molecular complexity index is 699. The monoisotopic (exact) mass is 376 g/mol. The van der Waals surface area contributed by atoms with Gasteiger partial charge >= 0.3 is 0 Å². The van der Waals surface area contributed by atoms with Gasteiger partial charge in [0, 0.05) is 16.6 Å². The number of nitro benzene ring substituents is 1. The Hall–Kier alpha value is -0.990. The number of nitrogens with one attached hydrogen (secondary N) is 1. The number of halogens is 1. The molecule has 0 unspecified atom stereocenters. The summed E-state index contributed by atoms with van der Waals surface area (Å²) in [6, 6.07) is 3.63. The zero-order valence-electron chi connectivity index (χ0n) is 12.2. The molecule has 0 heterocycles. The van der Waals surface area contributed by atoms with Crippen LogP contribution >= 0.6 is 15.9 Å². The maximum Gasteiger partial charge on any atom is 0.289 e. The van der Waals surface area contributed by atoms with E-state index in [1.54, 1.807) is 0 Å². The normalized spacial score (nSPS) is 20.2. The zero-order valence-corrected chi connectivity index (χ0v) is 14.6. The number of nitrogens with zero attached hydrogens (tertiary/aromatic N) is 1. The van der Waals surface area contributed by atoms with Crippen LogP contribution in [0, 0.1) is 20.9 Å². The third kappa shape index (κ3) is 2.60. The summed E-state index contributed by atoms with van der Waals surface area (Å²) in [6.45, 7) is 7.87. The molecule has 6 nitrogen and oxygen atoms in total. The van der Waals surface area contributed by atoms with Gasteiger partial charge in [-0.3, -0.25) is 10.1 Å². The SMILES string of the molecule is CC1(C)C(NS(=O)(=O)c2cc(Br)ccc2[N+](=O)[O-])C1(C)C. The van der Waals surface area contributed by atoms with Gasteiger partial charge in [0.15, 0.2) is 4.90 Å². The fraction of sp³-hybridized carbons (Fsp3) is 0.538. The van der Waals surface area contributed by atoms with Crippen LogP contribution in [0.2, 0.25) is 0 Å². The number of hydrogen-bond donors (Lipinski definition) is 1. The van der Waals surface area contributed by atoms with Gasteiger partial charge in [-0.05, 0) is 23.0 Å². The maximum absolute atomic E-state index is 12.5. The van der Waals surface area contributed by atoms with E-state index >= 15 is 0 Å². The molecule has 1 fully saturated rings. The number of sulfonamides is 1. The van der Waals surface area contributed by atoms with Crippen molar-refractivity contribution in [3.8, 4) is 0 Å². The molecule has 1 N–H and O–H groups in total. The minimum Gasteiger partial charge on any atom is -0.258 e. The van der Waals surface area contributed by atoms with Crippen molar-refractivity contribution in [1.29, 1.82) is 0 Å². The molecule has 8 heteroatoms. The second kappa shape index (κ2) is 4.76. The molecule has 1 saturated carbocycles. The lowest BCUT2D eigenvalue weighted by atomic mass is 10.0. The molecule has 0 bridgehead atoms. The first-order valence-electron chi connectivity index (χ1n) is 6.37. The van der Waals surface area contributed by atoms with Crippen LogP contribution in [-0.4, -0.2) is 19.4 Å². The Morgan fingerprint density at radius 3 is 2.19 bits per heavy atom. The van der Waals surface area contributed by atoms with Gasteiger partial charge in [0.25, 0.3) is 5.69 Å². The fourth-order valence-electron chi connectivity index (χ4n) is 2.56. The van der Waals surface area contributed by atoms with Crippen molar-refractivity contribution in [2.24, 2.45) is 10.8 Å². The minimum atomic E-state index is -3.96. The molecule has 0 aromatic heterocycles. The summed E-state index contributed by atoms with van der Waals surface area (Å²) in [6.07, 6.45) is 0. The van der Waals surface area contributed by atoms with Gasteiger partial charge < -0.3 is 0 Å². The molecule has 1 aromatic carbocycles. The number of nitro groups is 1. The van der Waals surface area contributed by atoms with Crippen LogP contribution in [0.15, 0.2) is 27.6 Å². The van der Waals surface area contributed by atoms with Crippen LogP contribution in [0.5, 0.6) is 0 Å². The van der Waals surface area contributed by atoms with E-state index in [1.165, 1.54) is 18.2 Å². The van der Waals surface area contributed by atoms with Crippen molar-refractivity contribution in [3.05, 3.63) is 32.8 Å². The van der Waals surface area contributed by atoms with Gasteiger partial charge in [0.05, 0.1) is 4.92 Å². The first-order chi connectivity index (χ1) is 9.41. The molecule has 1 aromatic rings. The molecule has 2 rings (SSSR count). The summed E-state index contributed by atoms with van der Waals surface area (Å²) in [5.74, 6) is 0. The van der Waals surface area contributed by atoms with Crippen LogP contribution < -0.4 is 4.72 Å². The van der Waals surface area contributed by atoms with Crippen molar-refractivity contribution < 1.29 is 13.3 Å². The second-order valence-corrected chi connectivity index (χ2v) is 8.96. The smallest absolute Gasteiger partial charge is 0.258 e. The molecule has 1 aliphatic rings. The molecule has 0 aliphatic heterocycles. The lowest BCUT2D eigenvalue weighted by Gasteiger charge is -2.09. The molecular formula is C13H17BrN2O4S. The number of benzene rings is 1. The Morgan fingerprint density at radius 2 is 1.76 bits per heavy atom. The molecular weight excluding hydrogens is 360 g/mol. The van der Waals surface area contributed by atoms with Crippen LogP contribution in [0.3, 0.4) is 0 Å². The summed E-state index contributed by atoms with van der Waals surface area (Å²) in [5, 5.41) is 11.0. The Morgan fingerprint density at radius 1 is 1.24 bits per heavy atom. The summed E-state index contributed by atoms with van der Waals surface area (Å²) < 4.78 is 28.1. The van der Waals surface area contributed by atoms with Crippen LogP contribution in [0.1, 0.15) is 27.7 Å². The Labute approximate surface area is 132 Å². The summed E-state index contributed by atoms with van der Waals surface area (Å²) in [7, 11) is -3.96. The van der Waals surface area contributed by atoms with Crippen molar-refractivity contribution in [2.45, 2.75) is 38.6 Å². The van der Waals surface area contributed by atoms with E-state index in [-0.39, 0.29) is 21.8 Å². The quantitative estimate of drug-likeness (QED) is 0.645. The molecule has 0 amide bonds. The van der Waals surface area contributed by atoms with Crippen molar-refractivity contribution in [1.82, 2.24) is 4.72 Å². The first-order valence-corrected chi connectivity index (χ1v) is 8.65. The van der Waals surface area contributed by atoms with Crippen molar-refractivity contribution in [2.75, 3.05) is 0 Å². The number of hydrogen-bond acceptors (Lipinski definition) is 4. The standard InChI is InChI=1S/C13H17BrN2O4S/c1-12(2)11(13(12,3)4)15-21(19,20)10-7-8(14)5-6-9(10)16(17)18/h5-7,11,15H,1-4H3. The van der Waals surface area contributed by atoms with E-state index in [4.69, 9.17) is 0 Å². The highest BCUT2D eigenvalue weighted by molar-refractivity contribution is 9.10. The Balaban J connectivity index is 2.42. The van der Waals surface area contributed by atoms with Crippen LogP contribution in [-0.2, 0) is 10.0 Å². The van der Waals surface area contributed by atoms with E-state index < -0.39 is 20.6 Å². The minimum absolute atomic E-state index is 0.194. The lowest BCUT2D eigenvalue weighted by molar-refractivity contribution is -0.387. The zero-order chi connectivity index (χ0) is 16.2.